The van der Waals surface area contributed by atoms with Crippen molar-refractivity contribution >= 4 is 29.2 Å². The zero-order valence-electron chi connectivity index (χ0n) is 16.8. The molecule has 4 amide bonds. The number of fused-ring (bicyclic) bond motifs is 2. The fourth-order valence-electron chi connectivity index (χ4n) is 4.12. The van der Waals surface area contributed by atoms with E-state index in [1.54, 1.807) is 12.1 Å². The topological polar surface area (TPSA) is 90.5 Å². The Bertz CT molecular complexity index is 959. The molecule has 2 aromatic carbocycles. The monoisotopic (exact) mass is 406 g/mol. The van der Waals surface area contributed by atoms with Gasteiger partial charge in [-0.2, -0.15) is 0 Å². The molecule has 4 rings (SSSR count). The van der Waals surface area contributed by atoms with Crippen LogP contribution >= 0.6 is 0 Å². The summed E-state index contributed by atoms with van der Waals surface area (Å²) in [7, 11) is 0. The van der Waals surface area contributed by atoms with Gasteiger partial charge in [-0.1, -0.05) is 36.4 Å². The molecule has 3 N–H and O–H groups in total. The first-order valence-electron chi connectivity index (χ1n) is 10.4. The van der Waals surface area contributed by atoms with Gasteiger partial charge in [0.2, 0.25) is 11.8 Å². The summed E-state index contributed by atoms with van der Waals surface area (Å²) in [5, 5.41) is 8.71. The van der Waals surface area contributed by atoms with Crippen LogP contribution in [0.25, 0.3) is 0 Å². The van der Waals surface area contributed by atoms with Crippen molar-refractivity contribution in [2.24, 2.45) is 0 Å². The van der Waals surface area contributed by atoms with E-state index in [1.807, 2.05) is 24.3 Å². The van der Waals surface area contributed by atoms with Gasteiger partial charge in [0.15, 0.2) is 0 Å². The molecule has 0 spiro atoms. The highest BCUT2D eigenvalue weighted by Gasteiger charge is 2.26. The van der Waals surface area contributed by atoms with Crippen LogP contribution in [0.4, 0.5) is 16.2 Å². The molecular weight excluding hydrogens is 380 g/mol. The first-order chi connectivity index (χ1) is 14.6. The number of anilines is 2. The Kier molecular flexibility index (Phi) is 5.97. The molecule has 0 saturated carbocycles. The fourth-order valence-corrected chi connectivity index (χ4v) is 4.12. The van der Waals surface area contributed by atoms with E-state index in [0.29, 0.717) is 30.8 Å². The molecule has 1 heterocycles. The van der Waals surface area contributed by atoms with E-state index < -0.39 is 0 Å². The minimum Gasteiger partial charge on any atom is -0.349 e. The van der Waals surface area contributed by atoms with Crippen LogP contribution in [0, 0.1) is 0 Å². The van der Waals surface area contributed by atoms with Crippen LogP contribution in [0.3, 0.4) is 0 Å². The maximum atomic E-state index is 12.5. The van der Waals surface area contributed by atoms with E-state index in [2.05, 4.69) is 28.1 Å². The second-order valence-electron chi connectivity index (χ2n) is 7.70. The summed E-state index contributed by atoms with van der Waals surface area (Å²) in [4.78, 5) is 38.2. The Hall–Kier alpha value is -3.35. The largest absolute Gasteiger partial charge is 0.349 e. The summed E-state index contributed by atoms with van der Waals surface area (Å²) in [6, 6.07) is 15.2. The number of amides is 4. The summed E-state index contributed by atoms with van der Waals surface area (Å²) in [6.45, 7) is 0.345. The fraction of sp³-hybridized carbons (Fsp3) is 0.348. The summed E-state index contributed by atoms with van der Waals surface area (Å²) in [5.41, 5.74) is 3.82. The predicted molar refractivity (Wildman–Crippen MR) is 115 cm³/mol. The molecule has 1 aliphatic heterocycles. The normalized spacial score (nSPS) is 17.4. The zero-order valence-corrected chi connectivity index (χ0v) is 16.8. The Balaban J connectivity index is 1.24. The highest BCUT2D eigenvalue weighted by molar-refractivity contribution is 6.09. The molecule has 0 radical (unpaired) electrons. The molecule has 0 unspecified atom stereocenters. The highest BCUT2D eigenvalue weighted by Crippen LogP contribution is 2.30. The van der Waals surface area contributed by atoms with Crippen molar-refractivity contribution < 1.29 is 14.4 Å². The maximum absolute atomic E-state index is 12.5. The number of hydrogen-bond donors (Lipinski definition) is 3. The first kappa shape index (κ1) is 19.9. The molecule has 2 aromatic rings. The number of nitrogens with zero attached hydrogens (tertiary/aromatic N) is 1. The summed E-state index contributed by atoms with van der Waals surface area (Å²) in [6.07, 6.45) is 3.97. The van der Waals surface area contributed by atoms with Crippen molar-refractivity contribution in [3.05, 3.63) is 59.7 Å². The molecule has 7 heteroatoms. The smallest absolute Gasteiger partial charge is 0.322 e. The zero-order chi connectivity index (χ0) is 20.9. The summed E-state index contributed by atoms with van der Waals surface area (Å²) in [5.74, 6) is -0.232. The van der Waals surface area contributed by atoms with E-state index in [4.69, 9.17) is 0 Å². The highest BCUT2D eigenvalue weighted by atomic mass is 16.2. The van der Waals surface area contributed by atoms with Crippen LogP contribution < -0.4 is 20.9 Å². The van der Waals surface area contributed by atoms with Gasteiger partial charge in [-0.3, -0.25) is 14.5 Å². The number of carbonyl (C=O) groups is 3. The lowest BCUT2D eigenvalue weighted by molar-refractivity contribution is -0.122. The average molecular weight is 406 g/mol. The third kappa shape index (κ3) is 4.45. The molecule has 0 saturated heterocycles. The lowest BCUT2D eigenvalue weighted by atomic mass is 9.87. The summed E-state index contributed by atoms with van der Waals surface area (Å²) < 4.78 is 0. The molecule has 7 nitrogen and oxygen atoms in total. The van der Waals surface area contributed by atoms with Crippen molar-refractivity contribution in [3.63, 3.8) is 0 Å². The van der Waals surface area contributed by atoms with Crippen LogP contribution in [0.15, 0.2) is 48.5 Å². The predicted octanol–water partition coefficient (Wildman–Crippen LogP) is 3.13. The third-order valence-corrected chi connectivity index (χ3v) is 5.58. The van der Waals surface area contributed by atoms with Crippen LogP contribution in [0.5, 0.6) is 0 Å². The number of aryl methyl sites for hydroxylation is 1. The number of urea groups is 1. The number of carbonyl (C=O) groups excluding carboxylic acids is 3. The first-order valence-corrected chi connectivity index (χ1v) is 10.4. The molecule has 1 aliphatic carbocycles. The number of para-hydroxylation sites is 2. The van der Waals surface area contributed by atoms with Gasteiger partial charge >= 0.3 is 6.03 Å². The minimum absolute atomic E-state index is 0.00588. The molecule has 2 aliphatic rings. The van der Waals surface area contributed by atoms with E-state index in [0.717, 1.165) is 19.3 Å². The molecule has 0 bridgehead atoms. The third-order valence-electron chi connectivity index (χ3n) is 5.58. The molecule has 0 aromatic heterocycles. The van der Waals surface area contributed by atoms with Crippen molar-refractivity contribution in [1.29, 1.82) is 0 Å². The standard InChI is InChI=1S/C23H26N4O3/c28-21(25-18-11-5-8-16-7-1-2-9-17(16)18)13-6-14-24-23(30)27-15-22(29)26-19-10-3-4-12-20(19)27/h1-4,7,9-10,12,18H,5-6,8,11,13-15H2,(H,24,30)(H,25,28)(H,26,29)/t18-/m1/s1. The Morgan fingerprint density at radius 2 is 1.90 bits per heavy atom. The van der Waals surface area contributed by atoms with E-state index in [-0.39, 0.29) is 30.4 Å². The Morgan fingerprint density at radius 1 is 1.10 bits per heavy atom. The van der Waals surface area contributed by atoms with Crippen molar-refractivity contribution in [2.45, 2.75) is 38.1 Å². The molecule has 30 heavy (non-hydrogen) atoms. The van der Waals surface area contributed by atoms with Gasteiger partial charge in [-0.15, -0.1) is 0 Å². The molecule has 156 valence electrons. The lowest BCUT2D eigenvalue weighted by Crippen LogP contribution is -2.47. The Labute approximate surface area is 175 Å². The van der Waals surface area contributed by atoms with E-state index in [9.17, 15) is 14.4 Å². The minimum atomic E-state index is -0.334. The average Bonchev–Trinajstić information content (AvgIpc) is 2.76. The lowest BCUT2D eigenvalue weighted by Gasteiger charge is -2.29. The second-order valence-corrected chi connectivity index (χ2v) is 7.70. The van der Waals surface area contributed by atoms with Crippen molar-refractivity contribution in [2.75, 3.05) is 23.3 Å². The van der Waals surface area contributed by atoms with Gasteiger partial charge in [0, 0.05) is 13.0 Å². The van der Waals surface area contributed by atoms with Gasteiger partial charge in [0.1, 0.15) is 6.54 Å². The van der Waals surface area contributed by atoms with Crippen LogP contribution in [-0.2, 0) is 16.0 Å². The number of benzene rings is 2. The van der Waals surface area contributed by atoms with Crippen molar-refractivity contribution in [1.82, 2.24) is 10.6 Å². The van der Waals surface area contributed by atoms with E-state index in [1.165, 1.54) is 16.0 Å². The summed E-state index contributed by atoms with van der Waals surface area (Å²) >= 11 is 0. The van der Waals surface area contributed by atoms with Gasteiger partial charge in [0.05, 0.1) is 17.4 Å². The van der Waals surface area contributed by atoms with Gasteiger partial charge in [0.25, 0.3) is 0 Å². The van der Waals surface area contributed by atoms with Crippen LogP contribution in [-0.4, -0.2) is 30.9 Å². The van der Waals surface area contributed by atoms with Gasteiger partial charge < -0.3 is 16.0 Å². The molecule has 0 fully saturated rings. The Morgan fingerprint density at radius 3 is 2.80 bits per heavy atom. The number of rotatable bonds is 5. The second kappa shape index (κ2) is 8.98. The maximum Gasteiger partial charge on any atom is 0.322 e. The quantitative estimate of drug-likeness (QED) is 0.667. The van der Waals surface area contributed by atoms with Gasteiger partial charge in [-0.25, -0.2) is 4.79 Å². The molecular formula is C23H26N4O3. The van der Waals surface area contributed by atoms with Crippen molar-refractivity contribution in [3.8, 4) is 0 Å². The van der Waals surface area contributed by atoms with E-state index >= 15 is 0 Å². The molecule has 1 atom stereocenters. The number of hydrogen-bond acceptors (Lipinski definition) is 3. The van der Waals surface area contributed by atoms with Crippen LogP contribution in [0.2, 0.25) is 0 Å². The van der Waals surface area contributed by atoms with Gasteiger partial charge in [-0.05, 0) is 48.9 Å². The number of nitrogens with one attached hydrogen (secondary N) is 3. The SMILES string of the molecule is O=C1CN(C(=O)NCCCC(=O)N[C@@H]2CCCc3ccccc32)c2ccccc2N1. The van der Waals surface area contributed by atoms with Crippen LogP contribution in [0.1, 0.15) is 42.9 Å².